The quantitative estimate of drug-likeness (QED) is 0.363. The smallest absolute Gasteiger partial charge is 0.194 e. The Bertz CT molecular complexity index is 747. The summed E-state index contributed by atoms with van der Waals surface area (Å²) in [4.78, 5) is 14.1. The van der Waals surface area contributed by atoms with Crippen LogP contribution in [-0.4, -0.2) is 47.1 Å². The number of hydrogen-bond donors (Lipinski definition) is 1. The predicted octanol–water partition coefficient (Wildman–Crippen LogP) is 4.02. The van der Waals surface area contributed by atoms with Gasteiger partial charge in [0.15, 0.2) is 5.96 Å². The van der Waals surface area contributed by atoms with Gasteiger partial charge >= 0.3 is 0 Å². The largest absolute Gasteiger partial charge is 0.357 e. The lowest BCUT2D eigenvalue weighted by atomic mass is 10.2. The summed E-state index contributed by atoms with van der Waals surface area (Å²) >= 11 is 0. The molecule has 0 radical (unpaired) electrons. The lowest BCUT2D eigenvalue weighted by Gasteiger charge is -2.22. The molecule has 29 heavy (non-hydrogen) atoms. The summed E-state index contributed by atoms with van der Waals surface area (Å²) in [6.07, 6.45) is 9.27. The molecule has 1 N–H and O–H groups in total. The molecule has 1 saturated heterocycles. The van der Waals surface area contributed by atoms with Crippen molar-refractivity contribution in [2.45, 2.75) is 45.7 Å². The fourth-order valence-corrected chi connectivity index (χ4v) is 3.61. The highest BCUT2D eigenvalue weighted by atomic mass is 127. The van der Waals surface area contributed by atoms with Crippen molar-refractivity contribution in [3.05, 3.63) is 47.9 Å². The number of aliphatic imine (C=N–C) groups is 1. The van der Waals surface area contributed by atoms with E-state index in [0.29, 0.717) is 6.54 Å². The Morgan fingerprint density at radius 2 is 1.93 bits per heavy atom. The molecule has 0 aromatic carbocycles. The van der Waals surface area contributed by atoms with Crippen LogP contribution in [0.4, 0.5) is 5.82 Å². The number of nitrogens with zero attached hydrogens (tertiary/aromatic N) is 5. The van der Waals surface area contributed by atoms with Crippen molar-refractivity contribution >= 4 is 35.8 Å². The van der Waals surface area contributed by atoms with Gasteiger partial charge in [0.05, 0.1) is 13.1 Å². The molecule has 2 aromatic heterocycles. The minimum Gasteiger partial charge on any atom is -0.357 e. The van der Waals surface area contributed by atoms with Crippen molar-refractivity contribution in [2.75, 3.05) is 31.6 Å². The first-order chi connectivity index (χ1) is 13.7. The number of aryl methyl sites for hydroxylation is 1. The molecule has 2 aromatic rings. The third kappa shape index (κ3) is 6.90. The van der Waals surface area contributed by atoms with Gasteiger partial charge in [0.2, 0.25) is 0 Å². The molecule has 1 aliphatic rings. The molecule has 160 valence electrons. The van der Waals surface area contributed by atoms with E-state index in [2.05, 4.69) is 71.2 Å². The molecule has 0 saturated carbocycles. The van der Waals surface area contributed by atoms with Crippen LogP contribution in [0.3, 0.4) is 0 Å². The number of pyridine rings is 1. The van der Waals surface area contributed by atoms with E-state index in [1.165, 1.54) is 31.4 Å². The first kappa shape index (κ1) is 23.5. The van der Waals surface area contributed by atoms with E-state index in [1.807, 2.05) is 6.20 Å². The normalized spacial score (nSPS) is 14.9. The molecule has 6 nitrogen and oxygen atoms in total. The molecule has 0 aliphatic carbocycles. The maximum atomic E-state index is 4.82. The summed E-state index contributed by atoms with van der Waals surface area (Å²) < 4.78 is 2.14. The molecular weight excluding hydrogens is 475 g/mol. The third-order valence-corrected chi connectivity index (χ3v) is 5.30. The maximum absolute atomic E-state index is 4.82. The number of aromatic nitrogens is 2. The fourth-order valence-electron chi connectivity index (χ4n) is 3.61. The Balaban J connectivity index is 0.00000300. The highest BCUT2D eigenvalue weighted by molar-refractivity contribution is 14.0. The van der Waals surface area contributed by atoms with E-state index in [9.17, 15) is 0 Å². The highest BCUT2D eigenvalue weighted by Gasteiger charge is 2.11. The first-order valence-electron chi connectivity index (χ1n) is 10.5. The second kappa shape index (κ2) is 12.0. The molecule has 0 spiro atoms. The minimum atomic E-state index is 0. The lowest BCUT2D eigenvalue weighted by molar-refractivity contribution is 0.462. The zero-order valence-electron chi connectivity index (χ0n) is 18.0. The zero-order valence-corrected chi connectivity index (χ0v) is 20.3. The summed E-state index contributed by atoms with van der Waals surface area (Å²) in [6.45, 7) is 6.65. The van der Waals surface area contributed by atoms with Crippen LogP contribution in [0.15, 0.2) is 41.7 Å². The van der Waals surface area contributed by atoms with Crippen molar-refractivity contribution in [3.8, 4) is 0 Å². The van der Waals surface area contributed by atoms with Crippen molar-refractivity contribution < 1.29 is 0 Å². The molecular formula is C22H35IN6. The lowest BCUT2D eigenvalue weighted by Crippen LogP contribution is -2.38. The van der Waals surface area contributed by atoms with Gasteiger partial charge in [-0.05, 0) is 43.5 Å². The van der Waals surface area contributed by atoms with Crippen LogP contribution in [0, 0.1) is 0 Å². The van der Waals surface area contributed by atoms with Crippen LogP contribution in [0.2, 0.25) is 0 Å². The van der Waals surface area contributed by atoms with Crippen molar-refractivity contribution in [3.63, 3.8) is 0 Å². The molecule has 0 unspecified atom stereocenters. The molecule has 0 amide bonds. The third-order valence-electron chi connectivity index (χ3n) is 5.30. The van der Waals surface area contributed by atoms with Gasteiger partial charge in [-0.2, -0.15) is 0 Å². The minimum absolute atomic E-state index is 0. The van der Waals surface area contributed by atoms with Crippen molar-refractivity contribution in [2.24, 2.45) is 12.0 Å². The van der Waals surface area contributed by atoms with E-state index >= 15 is 0 Å². The van der Waals surface area contributed by atoms with Crippen LogP contribution in [0.1, 0.15) is 43.9 Å². The molecule has 0 atom stereocenters. The van der Waals surface area contributed by atoms with E-state index in [4.69, 9.17) is 9.98 Å². The standard InChI is InChI=1S/C22H34N6.HI/c1-4-23-22(27(3)18-20-10-9-13-26(20)2)25-17-19-11-12-21(24-16-19)28-14-7-5-6-8-15-28;/h9-13,16H,4-8,14-15,17-18H2,1-3H3,(H,23,25);1H. The number of anilines is 1. The average Bonchev–Trinajstić information content (AvgIpc) is 2.95. The van der Waals surface area contributed by atoms with Crippen molar-refractivity contribution in [1.82, 2.24) is 19.8 Å². The van der Waals surface area contributed by atoms with Crippen LogP contribution in [0.5, 0.6) is 0 Å². The van der Waals surface area contributed by atoms with Crippen LogP contribution in [0.25, 0.3) is 0 Å². The van der Waals surface area contributed by atoms with E-state index in [-0.39, 0.29) is 24.0 Å². The number of nitrogens with one attached hydrogen (secondary N) is 1. The summed E-state index contributed by atoms with van der Waals surface area (Å²) in [5, 5.41) is 3.39. The van der Waals surface area contributed by atoms with Gasteiger partial charge in [-0.3, -0.25) is 0 Å². The van der Waals surface area contributed by atoms with Gasteiger partial charge < -0.3 is 19.7 Å². The van der Waals surface area contributed by atoms with Gasteiger partial charge in [-0.1, -0.05) is 18.9 Å². The Kier molecular flexibility index (Phi) is 9.76. The summed E-state index contributed by atoms with van der Waals surface area (Å²) in [6, 6.07) is 8.53. The summed E-state index contributed by atoms with van der Waals surface area (Å²) in [5.74, 6) is 2.02. The van der Waals surface area contributed by atoms with Crippen LogP contribution in [-0.2, 0) is 20.1 Å². The SMILES string of the molecule is CCNC(=NCc1ccc(N2CCCCCC2)nc1)N(C)Cc1cccn1C.I. The topological polar surface area (TPSA) is 48.7 Å². The Morgan fingerprint density at radius 3 is 2.52 bits per heavy atom. The fraction of sp³-hybridized carbons (Fsp3) is 0.545. The highest BCUT2D eigenvalue weighted by Crippen LogP contribution is 2.17. The van der Waals surface area contributed by atoms with Gasteiger partial charge in [-0.15, -0.1) is 24.0 Å². The second-order valence-electron chi connectivity index (χ2n) is 7.56. The van der Waals surface area contributed by atoms with Gasteiger partial charge in [-0.25, -0.2) is 9.98 Å². The van der Waals surface area contributed by atoms with Gasteiger partial charge in [0, 0.05) is 51.8 Å². The summed E-state index contributed by atoms with van der Waals surface area (Å²) in [7, 11) is 4.15. The van der Waals surface area contributed by atoms with Crippen molar-refractivity contribution in [1.29, 1.82) is 0 Å². The number of guanidine groups is 1. The number of halogens is 1. The predicted molar refractivity (Wildman–Crippen MR) is 132 cm³/mol. The molecule has 0 bridgehead atoms. The Hall–Kier alpha value is -1.77. The second-order valence-corrected chi connectivity index (χ2v) is 7.56. The van der Waals surface area contributed by atoms with Crippen LogP contribution >= 0.6 is 24.0 Å². The Labute approximate surface area is 192 Å². The van der Waals surface area contributed by atoms with Crippen LogP contribution < -0.4 is 10.2 Å². The first-order valence-corrected chi connectivity index (χ1v) is 10.5. The molecule has 7 heteroatoms. The molecule has 1 aliphatic heterocycles. The van der Waals surface area contributed by atoms with Gasteiger partial charge in [0.25, 0.3) is 0 Å². The van der Waals surface area contributed by atoms with Gasteiger partial charge in [0.1, 0.15) is 5.82 Å². The molecule has 3 rings (SSSR count). The van der Waals surface area contributed by atoms with E-state index in [1.54, 1.807) is 0 Å². The number of hydrogen-bond acceptors (Lipinski definition) is 3. The van der Waals surface area contributed by atoms with E-state index < -0.39 is 0 Å². The number of rotatable bonds is 6. The molecule has 1 fully saturated rings. The zero-order chi connectivity index (χ0) is 19.8. The monoisotopic (exact) mass is 510 g/mol. The summed E-state index contributed by atoms with van der Waals surface area (Å²) in [5.41, 5.74) is 2.40. The Morgan fingerprint density at radius 1 is 1.17 bits per heavy atom. The molecule has 3 heterocycles. The average molecular weight is 510 g/mol. The van der Waals surface area contributed by atoms with E-state index in [0.717, 1.165) is 43.5 Å². The maximum Gasteiger partial charge on any atom is 0.194 e.